The fraction of sp³-hybridized carbons (Fsp3) is 0.370. The van der Waals surface area contributed by atoms with Crippen molar-refractivity contribution in [1.29, 1.82) is 0 Å². The molecular formula is C27H31Cl2N5O3. The second-order valence-corrected chi connectivity index (χ2v) is 9.91. The third-order valence-corrected chi connectivity index (χ3v) is 7.00. The molecule has 0 saturated carbocycles. The number of hydrogen-bond acceptors (Lipinski definition) is 7. The van der Waals surface area contributed by atoms with Crippen molar-refractivity contribution in [2.24, 2.45) is 5.92 Å². The van der Waals surface area contributed by atoms with Gasteiger partial charge in [-0.1, -0.05) is 29.3 Å². The molecule has 1 amide bonds. The summed E-state index contributed by atoms with van der Waals surface area (Å²) in [5.41, 5.74) is 8.11. The predicted molar refractivity (Wildman–Crippen MR) is 147 cm³/mol. The van der Waals surface area contributed by atoms with Gasteiger partial charge in [-0.05, 0) is 61.6 Å². The first-order valence-electron chi connectivity index (χ1n) is 12.2. The maximum atomic E-state index is 12.9. The normalized spacial score (nSPS) is 13.9. The molecule has 0 radical (unpaired) electrons. The zero-order chi connectivity index (χ0) is 26.4. The van der Waals surface area contributed by atoms with Gasteiger partial charge in [-0.2, -0.15) is 4.98 Å². The molecule has 1 aliphatic rings. The van der Waals surface area contributed by atoms with Crippen LogP contribution in [0, 0.1) is 12.8 Å². The molecule has 0 atom stereocenters. The Balaban J connectivity index is 1.29. The van der Waals surface area contributed by atoms with Gasteiger partial charge >= 0.3 is 0 Å². The Labute approximate surface area is 227 Å². The number of aryl methyl sites for hydroxylation is 1. The lowest BCUT2D eigenvalue weighted by Gasteiger charge is -2.33. The number of nitrogens with one attached hydrogen (secondary N) is 1. The van der Waals surface area contributed by atoms with Crippen LogP contribution >= 0.6 is 23.2 Å². The number of nitrogens with zero attached hydrogens (tertiary/aromatic N) is 3. The summed E-state index contributed by atoms with van der Waals surface area (Å²) in [6, 6.07) is 12.5. The molecule has 1 aromatic heterocycles. The first kappa shape index (κ1) is 26.8. The molecule has 3 aromatic rings. The van der Waals surface area contributed by atoms with E-state index < -0.39 is 0 Å². The van der Waals surface area contributed by atoms with Crippen molar-refractivity contribution in [1.82, 2.24) is 15.3 Å². The highest BCUT2D eigenvalue weighted by molar-refractivity contribution is 6.35. The molecule has 0 aliphatic carbocycles. The van der Waals surface area contributed by atoms with Crippen LogP contribution in [0.3, 0.4) is 0 Å². The Morgan fingerprint density at radius 1 is 1.11 bits per heavy atom. The maximum absolute atomic E-state index is 12.9. The van der Waals surface area contributed by atoms with E-state index in [1.807, 2.05) is 19.1 Å². The first-order valence-corrected chi connectivity index (χ1v) is 13.0. The number of rotatable bonds is 9. The molecule has 196 valence electrons. The lowest BCUT2D eigenvalue weighted by atomic mass is 9.96. The van der Waals surface area contributed by atoms with E-state index in [1.165, 1.54) is 0 Å². The summed E-state index contributed by atoms with van der Waals surface area (Å²) in [5.74, 6) is 2.46. The minimum absolute atomic E-state index is 0.144. The molecule has 0 spiro atoms. The van der Waals surface area contributed by atoms with Gasteiger partial charge in [-0.3, -0.25) is 4.79 Å². The van der Waals surface area contributed by atoms with E-state index in [-0.39, 0.29) is 5.91 Å². The zero-order valence-corrected chi connectivity index (χ0v) is 22.5. The van der Waals surface area contributed by atoms with Gasteiger partial charge in [0.15, 0.2) is 11.5 Å². The van der Waals surface area contributed by atoms with Crippen molar-refractivity contribution in [3.63, 3.8) is 0 Å². The van der Waals surface area contributed by atoms with E-state index in [1.54, 1.807) is 37.4 Å². The quantitative estimate of drug-likeness (QED) is 0.393. The third kappa shape index (κ3) is 7.17. The van der Waals surface area contributed by atoms with Crippen LogP contribution in [-0.2, 0) is 6.42 Å². The van der Waals surface area contributed by atoms with E-state index in [2.05, 4.69) is 20.2 Å². The number of hydrogen-bond donors (Lipinski definition) is 2. The molecule has 0 unspecified atom stereocenters. The molecule has 4 rings (SSSR count). The molecule has 0 bridgehead atoms. The summed E-state index contributed by atoms with van der Waals surface area (Å²) < 4.78 is 11.4. The number of amides is 1. The molecule has 1 aliphatic heterocycles. The second kappa shape index (κ2) is 12.3. The van der Waals surface area contributed by atoms with Gasteiger partial charge in [0.25, 0.3) is 5.91 Å². The van der Waals surface area contributed by atoms with Crippen LogP contribution in [0.2, 0.25) is 10.0 Å². The number of benzene rings is 2. The van der Waals surface area contributed by atoms with Crippen LogP contribution in [0.25, 0.3) is 0 Å². The number of ether oxygens (including phenoxy) is 2. The lowest BCUT2D eigenvalue weighted by Crippen LogP contribution is -2.39. The zero-order valence-electron chi connectivity index (χ0n) is 21.0. The largest absolute Gasteiger partial charge is 0.493 e. The summed E-state index contributed by atoms with van der Waals surface area (Å²) >= 11 is 12.2. The SMILES string of the molecule is COc1ccc(C(=O)NCC2CCN(c3cc(C)nc(N)n3)CC2)cc1OCCc1ccc(Cl)cc1Cl. The summed E-state index contributed by atoms with van der Waals surface area (Å²) in [4.78, 5) is 23.6. The van der Waals surface area contributed by atoms with Gasteiger partial charge in [0.2, 0.25) is 5.95 Å². The second-order valence-electron chi connectivity index (χ2n) is 9.07. The van der Waals surface area contributed by atoms with Crippen LogP contribution in [0.15, 0.2) is 42.5 Å². The van der Waals surface area contributed by atoms with Crippen LogP contribution in [0.1, 0.15) is 34.5 Å². The van der Waals surface area contributed by atoms with Gasteiger partial charge in [0.05, 0.1) is 13.7 Å². The molecule has 8 nitrogen and oxygen atoms in total. The number of carbonyl (C=O) groups is 1. The van der Waals surface area contributed by atoms with Gasteiger partial charge in [-0.25, -0.2) is 4.98 Å². The van der Waals surface area contributed by atoms with Crippen molar-refractivity contribution >= 4 is 40.9 Å². The smallest absolute Gasteiger partial charge is 0.251 e. The topological polar surface area (TPSA) is 103 Å². The van der Waals surface area contributed by atoms with Crippen molar-refractivity contribution in [3.05, 3.63) is 69.3 Å². The Bertz CT molecular complexity index is 1230. The lowest BCUT2D eigenvalue weighted by molar-refractivity contribution is 0.0944. The first-order chi connectivity index (χ1) is 17.8. The van der Waals surface area contributed by atoms with Gasteiger partial charge in [0.1, 0.15) is 5.82 Å². The summed E-state index contributed by atoms with van der Waals surface area (Å²) in [5, 5.41) is 4.26. The number of nitrogen functional groups attached to an aromatic ring is 1. The highest BCUT2D eigenvalue weighted by Crippen LogP contribution is 2.29. The molecule has 10 heteroatoms. The average molecular weight is 544 g/mol. The number of aromatic nitrogens is 2. The summed E-state index contributed by atoms with van der Waals surface area (Å²) in [6.45, 7) is 4.60. The maximum Gasteiger partial charge on any atom is 0.251 e. The number of methoxy groups -OCH3 is 1. The van der Waals surface area contributed by atoms with Crippen molar-refractivity contribution < 1.29 is 14.3 Å². The Morgan fingerprint density at radius 3 is 2.59 bits per heavy atom. The fourth-order valence-corrected chi connectivity index (χ4v) is 4.87. The van der Waals surface area contributed by atoms with Crippen LogP contribution in [0.4, 0.5) is 11.8 Å². The van der Waals surface area contributed by atoms with E-state index in [0.29, 0.717) is 58.5 Å². The van der Waals surface area contributed by atoms with Crippen molar-refractivity contribution in [2.45, 2.75) is 26.2 Å². The monoisotopic (exact) mass is 543 g/mol. The van der Waals surface area contributed by atoms with Crippen molar-refractivity contribution in [3.8, 4) is 11.5 Å². The van der Waals surface area contributed by atoms with Crippen LogP contribution in [0.5, 0.6) is 11.5 Å². The van der Waals surface area contributed by atoms with E-state index in [9.17, 15) is 4.79 Å². The van der Waals surface area contributed by atoms with Gasteiger partial charge in [-0.15, -0.1) is 0 Å². The molecule has 3 N–H and O–H groups in total. The average Bonchev–Trinajstić information content (AvgIpc) is 2.88. The Hall–Kier alpha value is -3.23. The fourth-order valence-electron chi connectivity index (χ4n) is 4.37. The summed E-state index contributed by atoms with van der Waals surface area (Å²) in [7, 11) is 1.57. The minimum atomic E-state index is -0.144. The number of piperidine rings is 1. The molecule has 37 heavy (non-hydrogen) atoms. The van der Waals surface area contributed by atoms with Gasteiger partial charge < -0.3 is 25.4 Å². The predicted octanol–water partition coefficient (Wildman–Crippen LogP) is 4.95. The molecule has 1 saturated heterocycles. The molecule has 1 fully saturated rings. The van der Waals surface area contributed by atoms with Crippen molar-refractivity contribution in [2.75, 3.05) is 44.0 Å². The number of halogens is 2. The Morgan fingerprint density at radius 2 is 1.89 bits per heavy atom. The highest BCUT2D eigenvalue weighted by Gasteiger charge is 2.22. The van der Waals surface area contributed by atoms with E-state index >= 15 is 0 Å². The Kier molecular flexibility index (Phi) is 8.95. The third-order valence-electron chi connectivity index (χ3n) is 6.42. The standard InChI is InChI=1S/C27H31Cl2N5O3/c1-17-13-25(33-27(30)32-17)34-10-7-18(8-11-34)16-31-26(35)20-4-6-23(36-2)24(14-20)37-12-9-19-3-5-21(28)15-22(19)29/h3-6,13-15,18H,7-12,16H2,1-2H3,(H,31,35)(H2,30,32,33). The minimum Gasteiger partial charge on any atom is -0.493 e. The highest BCUT2D eigenvalue weighted by atomic mass is 35.5. The van der Waals surface area contributed by atoms with E-state index in [4.69, 9.17) is 38.4 Å². The number of carbonyl (C=O) groups excluding carboxylic acids is 1. The summed E-state index contributed by atoms with van der Waals surface area (Å²) in [6.07, 6.45) is 2.50. The van der Waals surface area contributed by atoms with Gasteiger partial charge in [0, 0.05) is 53.4 Å². The number of nitrogens with two attached hydrogens (primary N) is 1. The van der Waals surface area contributed by atoms with Crippen LogP contribution in [-0.4, -0.2) is 49.2 Å². The molecular weight excluding hydrogens is 513 g/mol. The van der Waals surface area contributed by atoms with Crippen LogP contribution < -0.4 is 25.4 Å². The van der Waals surface area contributed by atoms with E-state index in [0.717, 1.165) is 43.0 Å². The number of anilines is 2. The molecule has 2 aromatic carbocycles. The molecule has 2 heterocycles.